The highest BCUT2D eigenvalue weighted by molar-refractivity contribution is 7.17. The summed E-state index contributed by atoms with van der Waals surface area (Å²) >= 11 is 1.59. The van der Waals surface area contributed by atoms with Crippen LogP contribution in [-0.2, 0) is 0 Å². The van der Waals surface area contributed by atoms with Crippen molar-refractivity contribution in [3.05, 3.63) is 35.0 Å². The first-order chi connectivity index (χ1) is 6.72. The Morgan fingerprint density at radius 2 is 2.29 bits per heavy atom. The van der Waals surface area contributed by atoms with Gasteiger partial charge < -0.3 is 5.11 Å². The SMILES string of the molecule is CC(CO)c1csc2ccc(F)cc12. The summed E-state index contributed by atoms with van der Waals surface area (Å²) in [6.45, 7) is 2.04. The lowest BCUT2D eigenvalue weighted by Gasteiger charge is -2.05. The van der Waals surface area contributed by atoms with E-state index in [1.165, 1.54) is 12.1 Å². The third kappa shape index (κ3) is 1.53. The van der Waals surface area contributed by atoms with Crippen molar-refractivity contribution in [2.24, 2.45) is 0 Å². The monoisotopic (exact) mass is 210 g/mol. The molecule has 1 unspecified atom stereocenters. The fraction of sp³-hybridized carbons (Fsp3) is 0.273. The minimum Gasteiger partial charge on any atom is -0.396 e. The average Bonchev–Trinajstić information content (AvgIpc) is 2.59. The summed E-state index contributed by atoms with van der Waals surface area (Å²) in [4.78, 5) is 0. The molecule has 0 aliphatic rings. The maximum atomic E-state index is 13.0. The van der Waals surface area contributed by atoms with Crippen LogP contribution < -0.4 is 0 Å². The smallest absolute Gasteiger partial charge is 0.123 e. The van der Waals surface area contributed by atoms with E-state index < -0.39 is 0 Å². The largest absolute Gasteiger partial charge is 0.396 e. The number of halogens is 1. The highest BCUT2D eigenvalue weighted by Gasteiger charge is 2.10. The second-order valence-corrected chi connectivity index (χ2v) is 4.33. The summed E-state index contributed by atoms with van der Waals surface area (Å²) in [7, 11) is 0. The number of fused-ring (bicyclic) bond motifs is 1. The molecule has 0 bridgehead atoms. The van der Waals surface area contributed by atoms with Crippen LogP contribution in [0.1, 0.15) is 18.4 Å². The third-order valence-corrected chi connectivity index (χ3v) is 3.35. The first kappa shape index (κ1) is 9.62. The molecule has 0 saturated carbocycles. The lowest BCUT2D eigenvalue weighted by molar-refractivity contribution is 0.274. The molecule has 2 aromatic rings. The first-order valence-electron chi connectivity index (χ1n) is 4.50. The van der Waals surface area contributed by atoms with E-state index in [4.69, 9.17) is 5.11 Å². The van der Waals surface area contributed by atoms with Crippen LogP contribution in [0, 0.1) is 5.82 Å². The summed E-state index contributed by atoms with van der Waals surface area (Å²) < 4.78 is 14.1. The van der Waals surface area contributed by atoms with Gasteiger partial charge in [-0.05, 0) is 34.5 Å². The molecule has 1 N–H and O–H groups in total. The molecule has 14 heavy (non-hydrogen) atoms. The number of aliphatic hydroxyl groups is 1. The van der Waals surface area contributed by atoms with E-state index in [2.05, 4.69) is 0 Å². The molecule has 74 valence electrons. The molecule has 0 amide bonds. The van der Waals surface area contributed by atoms with Crippen LogP contribution in [0.15, 0.2) is 23.6 Å². The van der Waals surface area contributed by atoms with Gasteiger partial charge in [-0.1, -0.05) is 6.92 Å². The number of aliphatic hydroxyl groups excluding tert-OH is 1. The molecule has 0 aliphatic heterocycles. The van der Waals surface area contributed by atoms with E-state index in [1.54, 1.807) is 17.4 Å². The van der Waals surface area contributed by atoms with Crippen LogP contribution in [0.25, 0.3) is 10.1 Å². The summed E-state index contributed by atoms with van der Waals surface area (Å²) in [5.41, 5.74) is 1.03. The molecule has 1 aromatic heterocycles. The molecule has 1 heterocycles. The van der Waals surface area contributed by atoms with E-state index in [0.29, 0.717) is 0 Å². The molecule has 0 fully saturated rings. The number of hydrogen-bond acceptors (Lipinski definition) is 2. The van der Waals surface area contributed by atoms with Crippen LogP contribution in [0.3, 0.4) is 0 Å². The van der Waals surface area contributed by atoms with Crippen LogP contribution in [-0.4, -0.2) is 11.7 Å². The number of rotatable bonds is 2. The van der Waals surface area contributed by atoms with Crippen molar-refractivity contribution in [2.75, 3.05) is 6.61 Å². The van der Waals surface area contributed by atoms with E-state index >= 15 is 0 Å². The Balaban J connectivity index is 2.61. The molecule has 0 radical (unpaired) electrons. The van der Waals surface area contributed by atoms with Gasteiger partial charge in [0.05, 0.1) is 0 Å². The van der Waals surface area contributed by atoms with Crippen molar-refractivity contribution in [3.63, 3.8) is 0 Å². The second-order valence-electron chi connectivity index (χ2n) is 3.42. The molecule has 1 aromatic carbocycles. The topological polar surface area (TPSA) is 20.2 Å². The van der Waals surface area contributed by atoms with Crippen molar-refractivity contribution < 1.29 is 9.50 Å². The minimum atomic E-state index is -0.220. The Hall–Kier alpha value is -0.930. The molecular weight excluding hydrogens is 199 g/mol. The Labute approximate surface area is 85.8 Å². The molecule has 3 heteroatoms. The van der Waals surface area contributed by atoms with Crippen LogP contribution >= 0.6 is 11.3 Å². The Kier molecular flexibility index (Phi) is 2.52. The molecule has 1 atom stereocenters. The normalized spacial score (nSPS) is 13.4. The van der Waals surface area contributed by atoms with E-state index in [1.807, 2.05) is 12.3 Å². The fourth-order valence-electron chi connectivity index (χ4n) is 1.50. The van der Waals surface area contributed by atoms with Crippen LogP contribution in [0.2, 0.25) is 0 Å². The van der Waals surface area contributed by atoms with Gasteiger partial charge in [0.15, 0.2) is 0 Å². The van der Waals surface area contributed by atoms with Gasteiger partial charge in [-0.2, -0.15) is 0 Å². The van der Waals surface area contributed by atoms with Gasteiger partial charge in [-0.15, -0.1) is 11.3 Å². The average molecular weight is 210 g/mol. The van der Waals surface area contributed by atoms with Crippen molar-refractivity contribution in [1.29, 1.82) is 0 Å². The predicted molar refractivity (Wildman–Crippen MR) is 57.3 cm³/mol. The maximum Gasteiger partial charge on any atom is 0.123 e. The van der Waals surface area contributed by atoms with Gasteiger partial charge in [-0.3, -0.25) is 0 Å². The zero-order chi connectivity index (χ0) is 10.1. The van der Waals surface area contributed by atoms with Gasteiger partial charge in [0.1, 0.15) is 5.82 Å². The quantitative estimate of drug-likeness (QED) is 0.807. The molecular formula is C11H11FOS. The van der Waals surface area contributed by atoms with Gasteiger partial charge in [0.2, 0.25) is 0 Å². The Bertz CT molecular complexity index is 449. The number of benzene rings is 1. The third-order valence-electron chi connectivity index (χ3n) is 2.37. The summed E-state index contributed by atoms with van der Waals surface area (Å²) in [6, 6.07) is 4.78. The summed E-state index contributed by atoms with van der Waals surface area (Å²) in [5.74, 6) is -0.146. The Morgan fingerprint density at radius 3 is 3.00 bits per heavy atom. The number of thiophene rings is 1. The lowest BCUT2D eigenvalue weighted by atomic mass is 10.0. The van der Waals surface area contributed by atoms with E-state index in [0.717, 1.165) is 15.6 Å². The summed E-state index contributed by atoms with van der Waals surface area (Å²) in [6.07, 6.45) is 0. The van der Waals surface area contributed by atoms with Crippen molar-refractivity contribution in [2.45, 2.75) is 12.8 Å². The van der Waals surface area contributed by atoms with Crippen LogP contribution in [0.5, 0.6) is 0 Å². The molecule has 1 nitrogen and oxygen atoms in total. The minimum absolute atomic E-state index is 0.0746. The first-order valence-corrected chi connectivity index (χ1v) is 5.38. The van der Waals surface area contributed by atoms with E-state index in [-0.39, 0.29) is 18.3 Å². The fourth-order valence-corrected chi connectivity index (χ4v) is 2.56. The standard InChI is InChI=1S/C11H11FOS/c1-7(5-13)10-6-14-11-3-2-8(12)4-9(10)11/h2-4,6-7,13H,5H2,1H3. The molecule has 0 spiro atoms. The van der Waals surface area contributed by atoms with Gasteiger partial charge in [0, 0.05) is 17.2 Å². The van der Waals surface area contributed by atoms with Gasteiger partial charge >= 0.3 is 0 Å². The lowest BCUT2D eigenvalue weighted by Crippen LogP contribution is -1.97. The van der Waals surface area contributed by atoms with E-state index in [9.17, 15) is 4.39 Å². The van der Waals surface area contributed by atoms with Gasteiger partial charge in [0.25, 0.3) is 0 Å². The van der Waals surface area contributed by atoms with Gasteiger partial charge in [-0.25, -0.2) is 4.39 Å². The van der Waals surface area contributed by atoms with Crippen molar-refractivity contribution in [3.8, 4) is 0 Å². The van der Waals surface area contributed by atoms with Crippen molar-refractivity contribution >= 4 is 21.4 Å². The number of hydrogen-bond donors (Lipinski definition) is 1. The maximum absolute atomic E-state index is 13.0. The second kappa shape index (κ2) is 3.67. The zero-order valence-corrected chi connectivity index (χ0v) is 8.64. The highest BCUT2D eigenvalue weighted by Crippen LogP contribution is 2.31. The van der Waals surface area contributed by atoms with Crippen LogP contribution in [0.4, 0.5) is 4.39 Å². The highest BCUT2D eigenvalue weighted by atomic mass is 32.1. The molecule has 0 saturated heterocycles. The molecule has 0 aliphatic carbocycles. The summed E-state index contributed by atoms with van der Waals surface area (Å²) in [5, 5.41) is 12.0. The van der Waals surface area contributed by atoms with Crippen molar-refractivity contribution in [1.82, 2.24) is 0 Å². The molecule has 2 rings (SSSR count). The zero-order valence-electron chi connectivity index (χ0n) is 7.83. The predicted octanol–water partition coefficient (Wildman–Crippen LogP) is 3.14. The Morgan fingerprint density at radius 1 is 1.50 bits per heavy atom.